The van der Waals surface area contributed by atoms with Gasteiger partial charge in [-0.3, -0.25) is 4.79 Å². The quantitative estimate of drug-likeness (QED) is 0.520. The van der Waals surface area contributed by atoms with Crippen molar-refractivity contribution >= 4 is 50.2 Å². The van der Waals surface area contributed by atoms with Crippen LogP contribution in [0.15, 0.2) is 16.6 Å². The second kappa shape index (κ2) is 8.19. The number of anilines is 1. The maximum atomic E-state index is 13.2. The van der Waals surface area contributed by atoms with Crippen molar-refractivity contribution in [3.05, 3.63) is 44.0 Å². The molecule has 0 N–H and O–H groups in total. The van der Waals surface area contributed by atoms with E-state index in [1.165, 1.54) is 0 Å². The Morgan fingerprint density at radius 1 is 1.33 bits per heavy atom. The van der Waals surface area contributed by atoms with Gasteiger partial charge in [0.2, 0.25) is 11.8 Å². The number of nitrogens with zero attached hydrogens (tertiary/aromatic N) is 4. The maximum Gasteiger partial charge on any atom is 0.242 e. The van der Waals surface area contributed by atoms with Crippen molar-refractivity contribution in [3.63, 3.8) is 0 Å². The van der Waals surface area contributed by atoms with E-state index in [1.807, 2.05) is 31.9 Å². The van der Waals surface area contributed by atoms with Gasteiger partial charge in [-0.25, -0.2) is 9.67 Å². The molecule has 158 valence electrons. The Morgan fingerprint density at radius 2 is 2.10 bits per heavy atom. The Morgan fingerprint density at radius 3 is 2.83 bits per heavy atom. The van der Waals surface area contributed by atoms with E-state index in [0.29, 0.717) is 30.3 Å². The number of aromatic nitrogens is 3. The third-order valence-corrected chi connectivity index (χ3v) is 6.56. The molecule has 0 bridgehead atoms. The minimum atomic E-state index is 0.0808. The number of aryl methyl sites for hydroxylation is 4. The molecule has 0 radical (unpaired) electrons. The van der Waals surface area contributed by atoms with Crippen LogP contribution in [0.2, 0.25) is 5.02 Å². The van der Waals surface area contributed by atoms with E-state index in [1.54, 1.807) is 11.8 Å². The molecule has 0 unspecified atom stereocenters. The molecular formula is C22H24BrClN4O2. The molecule has 1 aromatic carbocycles. The number of rotatable bonds is 4. The summed E-state index contributed by atoms with van der Waals surface area (Å²) in [5, 5.41) is 5.92. The van der Waals surface area contributed by atoms with Gasteiger partial charge in [-0.15, -0.1) is 5.10 Å². The molecule has 0 saturated carbocycles. The van der Waals surface area contributed by atoms with Crippen LogP contribution in [-0.2, 0) is 24.7 Å². The highest BCUT2D eigenvalue weighted by Crippen LogP contribution is 2.37. The molecule has 8 heteroatoms. The molecule has 0 saturated heterocycles. The fraction of sp³-hybridized carbons (Fsp3) is 0.409. The predicted octanol–water partition coefficient (Wildman–Crippen LogP) is 4.92. The van der Waals surface area contributed by atoms with Crippen LogP contribution in [0.5, 0.6) is 5.88 Å². The minimum absolute atomic E-state index is 0.0808. The number of ether oxygens (including phenoxy) is 1. The summed E-state index contributed by atoms with van der Waals surface area (Å²) >= 11 is 9.99. The van der Waals surface area contributed by atoms with Gasteiger partial charge < -0.3 is 9.64 Å². The molecule has 2 aromatic heterocycles. The van der Waals surface area contributed by atoms with Gasteiger partial charge in [-0.1, -0.05) is 27.5 Å². The molecule has 0 aliphatic carbocycles. The number of hydrogen-bond acceptors (Lipinski definition) is 4. The van der Waals surface area contributed by atoms with Crippen LogP contribution in [-0.4, -0.2) is 34.3 Å². The Kier molecular flexibility index (Phi) is 5.77. The molecule has 6 nitrogen and oxygen atoms in total. The van der Waals surface area contributed by atoms with Crippen LogP contribution in [0.3, 0.4) is 0 Å². The SMILES string of the molecule is COc1nn(C)c2nc(C)c(CCC(=O)N3CCCc4cc(Br)cc(Cl)c43)c(C)c12. The number of fused-ring (bicyclic) bond motifs is 2. The zero-order valence-corrected chi connectivity index (χ0v) is 19.9. The van der Waals surface area contributed by atoms with Gasteiger partial charge in [0.25, 0.3) is 0 Å². The van der Waals surface area contributed by atoms with Crippen molar-refractivity contribution < 1.29 is 9.53 Å². The first-order valence-electron chi connectivity index (χ1n) is 9.96. The summed E-state index contributed by atoms with van der Waals surface area (Å²) in [4.78, 5) is 19.7. The fourth-order valence-electron chi connectivity index (χ4n) is 4.38. The van der Waals surface area contributed by atoms with Gasteiger partial charge in [0.05, 0.1) is 23.2 Å². The lowest BCUT2D eigenvalue weighted by Crippen LogP contribution is -2.36. The molecule has 3 aromatic rings. The highest BCUT2D eigenvalue weighted by atomic mass is 79.9. The van der Waals surface area contributed by atoms with E-state index in [9.17, 15) is 4.79 Å². The molecule has 1 aliphatic heterocycles. The van der Waals surface area contributed by atoms with Crippen molar-refractivity contribution in [2.75, 3.05) is 18.6 Å². The molecule has 1 aliphatic rings. The molecule has 3 heterocycles. The minimum Gasteiger partial charge on any atom is -0.479 e. The van der Waals surface area contributed by atoms with Crippen LogP contribution < -0.4 is 9.64 Å². The maximum absolute atomic E-state index is 13.2. The molecule has 30 heavy (non-hydrogen) atoms. The second-order valence-electron chi connectivity index (χ2n) is 7.68. The van der Waals surface area contributed by atoms with E-state index >= 15 is 0 Å². The standard InChI is InChI=1S/C22H24BrClN4O2/c1-12-16(13(2)25-21-19(12)22(30-4)26-27(21)3)7-8-18(29)28-9-5-6-14-10-15(23)11-17(24)20(14)28/h10-11H,5-9H2,1-4H3. The number of carbonyl (C=O) groups is 1. The highest BCUT2D eigenvalue weighted by molar-refractivity contribution is 9.10. The van der Waals surface area contributed by atoms with E-state index < -0.39 is 0 Å². The van der Waals surface area contributed by atoms with Crippen molar-refractivity contribution in [2.45, 2.75) is 39.5 Å². The van der Waals surface area contributed by atoms with E-state index in [4.69, 9.17) is 21.3 Å². The number of methoxy groups -OCH3 is 1. The van der Waals surface area contributed by atoms with Crippen molar-refractivity contribution in [3.8, 4) is 5.88 Å². The summed E-state index contributed by atoms with van der Waals surface area (Å²) in [7, 11) is 3.47. The third-order valence-electron chi connectivity index (χ3n) is 5.81. The molecule has 4 rings (SSSR count). The number of hydrogen-bond donors (Lipinski definition) is 0. The van der Waals surface area contributed by atoms with E-state index in [2.05, 4.69) is 27.1 Å². The van der Waals surface area contributed by atoms with E-state index in [-0.39, 0.29) is 5.91 Å². The van der Waals surface area contributed by atoms with Crippen LogP contribution in [0, 0.1) is 13.8 Å². The predicted molar refractivity (Wildman–Crippen MR) is 123 cm³/mol. The molecular weight excluding hydrogens is 468 g/mol. The van der Waals surface area contributed by atoms with Gasteiger partial charge in [-0.05, 0) is 61.9 Å². The second-order valence-corrected chi connectivity index (χ2v) is 9.00. The molecule has 1 amide bonds. The summed E-state index contributed by atoms with van der Waals surface area (Å²) in [5.74, 6) is 0.643. The first-order chi connectivity index (χ1) is 14.3. The summed E-state index contributed by atoms with van der Waals surface area (Å²) in [6.45, 7) is 4.72. The third kappa shape index (κ3) is 3.58. The first-order valence-corrected chi connectivity index (χ1v) is 11.1. The zero-order valence-electron chi connectivity index (χ0n) is 17.6. The number of amides is 1. The molecule has 0 spiro atoms. The van der Waals surface area contributed by atoms with E-state index in [0.717, 1.165) is 56.4 Å². The highest BCUT2D eigenvalue weighted by Gasteiger charge is 2.26. The average molecular weight is 492 g/mol. The smallest absolute Gasteiger partial charge is 0.242 e. The lowest BCUT2D eigenvalue weighted by Gasteiger charge is -2.31. The summed E-state index contributed by atoms with van der Waals surface area (Å²) in [5.41, 5.74) is 5.81. The Balaban J connectivity index is 1.62. The van der Waals surface area contributed by atoms with Crippen LogP contribution in [0.1, 0.15) is 35.2 Å². The van der Waals surface area contributed by atoms with Crippen molar-refractivity contribution in [1.82, 2.24) is 14.8 Å². The Bertz CT molecular complexity index is 1160. The van der Waals surface area contributed by atoms with Gasteiger partial charge in [-0.2, -0.15) is 0 Å². The Labute approximate surface area is 189 Å². The number of halogens is 2. The lowest BCUT2D eigenvalue weighted by molar-refractivity contribution is -0.118. The zero-order chi connectivity index (χ0) is 21.6. The van der Waals surface area contributed by atoms with Gasteiger partial charge in [0.1, 0.15) is 0 Å². The molecule has 0 fully saturated rings. The summed E-state index contributed by atoms with van der Waals surface area (Å²) < 4.78 is 8.11. The summed E-state index contributed by atoms with van der Waals surface area (Å²) in [6.07, 6.45) is 2.86. The normalized spacial score (nSPS) is 13.6. The van der Waals surface area contributed by atoms with Gasteiger partial charge in [0.15, 0.2) is 5.65 Å². The van der Waals surface area contributed by atoms with Crippen LogP contribution in [0.4, 0.5) is 5.69 Å². The van der Waals surface area contributed by atoms with Crippen molar-refractivity contribution in [1.29, 1.82) is 0 Å². The number of carbonyl (C=O) groups excluding carboxylic acids is 1. The summed E-state index contributed by atoms with van der Waals surface area (Å²) in [6, 6.07) is 3.91. The fourth-order valence-corrected chi connectivity index (χ4v) is 5.35. The van der Waals surface area contributed by atoms with Crippen molar-refractivity contribution in [2.24, 2.45) is 7.05 Å². The molecule has 0 atom stereocenters. The van der Waals surface area contributed by atoms with Gasteiger partial charge in [0, 0.05) is 30.2 Å². The first kappa shape index (κ1) is 21.1. The monoisotopic (exact) mass is 490 g/mol. The number of benzene rings is 1. The topological polar surface area (TPSA) is 60.2 Å². The largest absolute Gasteiger partial charge is 0.479 e. The van der Waals surface area contributed by atoms with Gasteiger partial charge >= 0.3 is 0 Å². The number of pyridine rings is 1. The lowest BCUT2D eigenvalue weighted by atomic mass is 9.98. The average Bonchev–Trinajstić information content (AvgIpc) is 3.02. The van der Waals surface area contributed by atoms with Crippen LogP contribution >= 0.6 is 27.5 Å². The van der Waals surface area contributed by atoms with Crippen LogP contribution in [0.25, 0.3) is 11.0 Å². The Hall–Kier alpha value is -2.12.